The van der Waals surface area contributed by atoms with Crippen LogP contribution in [0.2, 0.25) is 0 Å². The molecule has 120 valence electrons. The number of nitrogens with zero attached hydrogens (tertiary/aromatic N) is 1. The Bertz CT molecular complexity index is 420. The third-order valence-electron chi connectivity index (χ3n) is 3.64. The van der Waals surface area contributed by atoms with Gasteiger partial charge in [0.15, 0.2) is 0 Å². The van der Waals surface area contributed by atoms with Crippen molar-refractivity contribution >= 4 is 11.8 Å². The van der Waals surface area contributed by atoms with Crippen LogP contribution in [0.25, 0.3) is 0 Å². The predicted molar refractivity (Wildman–Crippen MR) is 82.3 cm³/mol. The highest BCUT2D eigenvalue weighted by molar-refractivity contribution is 8.00. The van der Waals surface area contributed by atoms with Crippen molar-refractivity contribution in [2.75, 3.05) is 13.1 Å². The highest BCUT2D eigenvalue weighted by Gasteiger charge is 2.29. The van der Waals surface area contributed by atoms with Gasteiger partial charge in [0, 0.05) is 23.5 Å². The Kier molecular flexibility index (Phi) is 7.03. The number of benzene rings is 1. The van der Waals surface area contributed by atoms with Crippen molar-refractivity contribution in [1.29, 1.82) is 0 Å². The van der Waals surface area contributed by atoms with E-state index in [-0.39, 0.29) is 22.7 Å². The zero-order valence-electron chi connectivity index (χ0n) is 12.7. The van der Waals surface area contributed by atoms with E-state index >= 15 is 0 Å². The van der Waals surface area contributed by atoms with Crippen LogP contribution >= 0.6 is 11.8 Å². The quantitative estimate of drug-likeness (QED) is 0.754. The first kappa shape index (κ1) is 18.3. The fraction of sp³-hybridized carbons (Fsp3) is 0.600. The lowest BCUT2D eigenvalue weighted by molar-refractivity contribution is -0.0328. The van der Waals surface area contributed by atoms with E-state index in [1.807, 2.05) is 0 Å². The summed E-state index contributed by atoms with van der Waals surface area (Å²) < 4.78 is 37.0. The Morgan fingerprint density at radius 2 is 1.76 bits per heavy atom. The standard InChI is InChI=1S/C15H23F3N2S/c1-4-11(3)20(5-2)14(10-19)12-6-8-13(9-7-12)21-15(16,17)18/h6-9,11,14H,4-5,10,19H2,1-3H3. The first-order chi connectivity index (χ1) is 9.82. The number of alkyl halides is 3. The maximum absolute atomic E-state index is 12.3. The van der Waals surface area contributed by atoms with E-state index in [1.165, 1.54) is 12.1 Å². The largest absolute Gasteiger partial charge is 0.446 e. The Balaban J connectivity index is 2.91. The lowest BCUT2D eigenvalue weighted by Crippen LogP contribution is -2.39. The molecule has 0 amide bonds. The second-order valence-electron chi connectivity index (χ2n) is 4.96. The summed E-state index contributed by atoms with van der Waals surface area (Å²) in [7, 11) is 0. The molecule has 0 aromatic heterocycles. The van der Waals surface area contributed by atoms with Gasteiger partial charge in [-0.05, 0) is 49.3 Å². The number of rotatable bonds is 7. The van der Waals surface area contributed by atoms with Gasteiger partial charge in [0.25, 0.3) is 0 Å². The van der Waals surface area contributed by atoms with Crippen LogP contribution in [0.4, 0.5) is 13.2 Å². The number of halogens is 3. The average molecular weight is 320 g/mol. The molecule has 21 heavy (non-hydrogen) atoms. The third kappa shape index (κ3) is 5.52. The Labute approximate surface area is 128 Å². The SMILES string of the molecule is CCC(C)N(CC)C(CN)c1ccc(SC(F)(F)F)cc1. The lowest BCUT2D eigenvalue weighted by Gasteiger charge is -2.35. The number of hydrogen-bond donors (Lipinski definition) is 1. The summed E-state index contributed by atoms with van der Waals surface area (Å²) in [6, 6.07) is 6.94. The summed E-state index contributed by atoms with van der Waals surface area (Å²) in [5, 5.41) is 0. The molecule has 0 aliphatic rings. The molecular weight excluding hydrogens is 297 g/mol. The van der Waals surface area contributed by atoms with Gasteiger partial charge in [-0.1, -0.05) is 26.0 Å². The Morgan fingerprint density at radius 3 is 2.14 bits per heavy atom. The molecule has 1 aromatic rings. The minimum atomic E-state index is -4.25. The lowest BCUT2D eigenvalue weighted by atomic mass is 10.0. The summed E-state index contributed by atoms with van der Waals surface area (Å²) in [5.41, 5.74) is 2.60. The molecule has 0 heterocycles. The number of likely N-dealkylation sites (N-methyl/N-ethyl adjacent to an activating group) is 1. The molecule has 6 heteroatoms. The zero-order chi connectivity index (χ0) is 16.0. The predicted octanol–water partition coefficient (Wildman–Crippen LogP) is 4.42. The van der Waals surface area contributed by atoms with Gasteiger partial charge in [0.1, 0.15) is 0 Å². The third-order valence-corrected chi connectivity index (χ3v) is 4.38. The van der Waals surface area contributed by atoms with E-state index in [2.05, 4.69) is 25.7 Å². The van der Waals surface area contributed by atoms with Gasteiger partial charge in [-0.25, -0.2) is 0 Å². The van der Waals surface area contributed by atoms with Crippen LogP contribution in [0.15, 0.2) is 29.2 Å². The highest BCUT2D eigenvalue weighted by Crippen LogP contribution is 2.37. The first-order valence-electron chi connectivity index (χ1n) is 7.13. The molecule has 0 radical (unpaired) electrons. The van der Waals surface area contributed by atoms with Crippen LogP contribution < -0.4 is 5.73 Å². The van der Waals surface area contributed by atoms with Crippen molar-refractivity contribution in [2.24, 2.45) is 5.73 Å². The molecule has 1 aromatic carbocycles. The molecule has 2 nitrogen and oxygen atoms in total. The van der Waals surface area contributed by atoms with Crippen molar-refractivity contribution in [2.45, 2.75) is 49.7 Å². The molecule has 2 N–H and O–H groups in total. The van der Waals surface area contributed by atoms with E-state index in [0.717, 1.165) is 18.5 Å². The number of nitrogens with two attached hydrogens (primary N) is 1. The van der Waals surface area contributed by atoms with E-state index in [4.69, 9.17) is 5.73 Å². The summed E-state index contributed by atoms with van der Waals surface area (Å²) in [5.74, 6) is 0. The zero-order valence-corrected chi connectivity index (χ0v) is 13.5. The van der Waals surface area contributed by atoms with Crippen LogP contribution in [-0.2, 0) is 0 Å². The van der Waals surface area contributed by atoms with Crippen LogP contribution in [0.5, 0.6) is 0 Å². The normalized spacial score (nSPS) is 15.2. The van der Waals surface area contributed by atoms with Crippen LogP contribution in [0.1, 0.15) is 38.8 Å². The monoisotopic (exact) mass is 320 g/mol. The first-order valence-corrected chi connectivity index (χ1v) is 7.95. The highest BCUT2D eigenvalue weighted by atomic mass is 32.2. The van der Waals surface area contributed by atoms with Gasteiger partial charge in [0.2, 0.25) is 0 Å². The summed E-state index contributed by atoms with van der Waals surface area (Å²) >= 11 is -0.0911. The van der Waals surface area contributed by atoms with Crippen LogP contribution in [0, 0.1) is 0 Å². The molecule has 0 spiro atoms. The van der Waals surface area contributed by atoms with E-state index in [1.54, 1.807) is 12.1 Å². The van der Waals surface area contributed by atoms with Crippen molar-refractivity contribution < 1.29 is 13.2 Å². The fourth-order valence-electron chi connectivity index (χ4n) is 2.43. The molecular formula is C15H23F3N2S. The van der Waals surface area contributed by atoms with Crippen molar-refractivity contribution in [3.63, 3.8) is 0 Å². The maximum Gasteiger partial charge on any atom is 0.446 e. The summed E-state index contributed by atoms with van der Waals surface area (Å²) in [4.78, 5) is 2.49. The molecule has 2 atom stereocenters. The molecule has 0 saturated carbocycles. The average Bonchev–Trinajstić information content (AvgIpc) is 2.43. The smallest absolute Gasteiger partial charge is 0.329 e. The van der Waals surface area contributed by atoms with Crippen LogP contribution in [-0.4, -0.2) is 29.5 Å². The van der Waals surface area contributed by atoms with Gasteiger partial charge in [-0.3, -0.25) is 4.90 Å². The van der Waals surface area contributed by atoms with Crippen LogP contribution in [0.3, 0.4) is 0 Å². The number of hydrogen-bond acceptors (Lipinski definition) is 3. The van der Waals surface area contributed by atoms with Crippen molar-refractivity contribution in [1.82, 2.24) is 4.90 Å². The maximum atomic E-state index is 12.3. The number of thioether (sulfide) groups is 1. The van der Waals surface area contributed by atoms with Crippen molar-refractivity contribution in [3.05, 3.63) is 29.8 Å². The topological polar surface area (TPSA) is 29.3 Å². The minimum Gasteiger partial charge on any atom is -0.329 e. The Hall–Kier alpha value is -0.720. The Morgan fingerprint density at radius 1 is 1.19 bits per heavy atom. The fourth-order valence-corrected chi connectivity index (χ4v) is 2.97. The summed E-state index contributed by atoms with van der Waals surface area (Å²) in [6.07, 6.45) is 1.01. The molecule has 0 bridgehead atoms. The molecule has 1 rings (SSSR count). The van der Waals surface area contributed by atoms with Gasteiger partial charge in [0.05, 0.1) is 0 Å². The molecule has 0 aliphatic carbocycles. The van der Waals surface area contributed by atoms with E-state index in [9.17, 15) is 13.2 Å². The van der Waals surface area contributed by atoms with E-state index < -0.39 is 5.51 Å². The molecule has 0 fully saturated rings. The second kappa shape index (κ2) is 8.06. The van der Waals surface area contributed by atoms with Gasteiger partial charge in [-0.2, -0.15) is 13.2 Å². The molecule has 0 aliphatic heterocycles. The molecule has 2 unspecified atom stereocenters. The van der Waals surface area contributed by atoms with Crippen molar-refractivity contribution in [3.8, 4) is 0 Å². The second-order valence-corrected chi connectivity index (χ2v) is 6.09. The van der Waals surface area contributed by atoms with Gasteiger partial charge < -0.3 is 5.73 Å². The van der Waals surface area contributed by atoms with E-state index in [0.29, 0.717) is 12.6 Å². The minimum absolute atomic E-state index is 0.0369. The van der Waals surface area contributed by atoms with Gasteiger partial charge >= 0.3 is 5.51 Å². The summed E-state index contributed by atoms with van der Waals surface area (Å²) in [6.45, 7) is 7.63. The van der Waals surface area contributed by atoms with Gasteiger partial charge in [-0.15, -0.1) is 0 Å². The molecule has 0 saturated heterocycles.